The van der Waals surface area contributed by atoms with Crippen LogP contribution in [0.15, 0.2) is 29.3 Å². The molecule has 31 heavy (non-hydrogen) atoms. The highest BCUT2D eigenvalue weighted by Gasteiger charge is 2.34. The fourth-order valence-electron chi connectivity index (χ4n) is 3.89. The number of amides is 2. The number of phenolic OH excluding ortho intramolecular Hbond substituents is 1. The maximum atomic E-state index is 12.3. The largest absolute Gasteiger partial charge is 0.507 e. The van der Waals surface area contributed by atoms with Crippen LogP contribution in [0.25, 0.3) is 0 Å². The predicted molar refractivity (Wildman–Crippen MR) is 123 cm³/mol. The zero-order chi connectivity index (χ0) is 22.8. The Morgan fingerprint density at radius 1 is 1.23 bits per heavy atom. The molecule has 8 heteroatoms. The number of nitrogens with zero attached hydrogens (tertiary/aromatic N) is 1. The van der Waals surface area contributed by atoms with E-state index in [0.717, 1.165) is 40.8 Å². The Morgan fingerprint density at radius 3 is 2.68 bits per heavy atom. The second-order valence-corrected chi connectivity index (χ2v) is 8.30. The number of anilines is 1. The fourth-order valence-corrected chi connectivity index (χ4v) is 3.89. The number of hydrogen-bond acceptors (Lipinski definition) is 4. The smallest absolute Gasteiger partial charge is 0.319 e. The van der Waals surface area contributed by atoms with Gasteiger partial charge in [0.25, 0.3) is 0 Å². The molecule has 0 fully saturated rings. The Balaban J connectivity index is 1.59. The van der Waals surface area contributed by atoms with E-state index in [1.807, 2.05) is 20.8 Å². The molecule has 1 aliphatic rings. The summed E-state index contributed by atoms with van der Waals surface area (Å²) in [5.74, 6) is 1.17. The minimum absolute atomic E-state index is 0.0419. The highest BCUT2D eigenvalue weighted by atomic mass is 16.5. The summed E-state index contributed by atoms with van der Waals surface area (Å²) in [6, 6.07) is 6.64. The van der Waals surface area contributed by atoms with Gasteiger partial charge in [0, 0.05) is 24.2 Å². The summed E-state index contributed by atoms with van der Waals surface area (Å²) in [5.41, 5.74) is 15.3. The van der Waals surface area contributed by atoms with Crippen molar-refractivity contribution in [3.05, 3.63) is 46.5 Å². The minimum Gasteiger partial charge on any atom is -0.507 e. The van der Waals surface area contributed by atoms with Gasteiger partial charge in [-0.3, -0.25) is 0 Å². The summed E-state index contributed by atoms with van der Waals surface area (Å²) >= 11 is 0. The number of aliphatic imine (C=N–C) groups is 1. The van der Waals surface area contributed by atoms with Crippen LogP contribution < -0.4 is 26.8 Å². The molecule has 2 aromatic rings. The summed E-state index contributed by atoms with van der Waals surface area (Å²) < 4.78 is 6.40. The van der Waals surface area contributed by atoms with Crippen molar-refractivity contribution in [2.75, 3.05) is 11.9 Å². The molecule has 2 aromatic carbocycles. The maximum Gasteiger partial charge on any atom is 0.319 e. The van der Waals surface area contributed by atoms with E-state index in [2.05, 4.69) is 22.5 Å². The Kier molecular flexibility index (Phi) is 6.29. The molecule has 166 valence electrons. The quantitative estimate of drug-likeness (QED) is 0.369. The number of fused-ring (bicyclic) bond motifs is 1. The molecule has 1 atom stereocenters. The Hall–Kier alpha value is -3.42. The Morgan fingerprint density at radius 2 is 1.97 bits per heavy atom. The van der Waals surface area contributed by atoms with Gasteiger partial charge in [0.05, 0.1) is 5.69 Å². The maximum absolute atomic E-state index is 12.3. The molecule has 0 saturated carbocycles. The van der Waals surface area contributed by atoms with E-state index in [-0.39, 0.29) is 12.0 Å². The van der Waals surface area contributed by atoms with Crippen molar-refractivity contribution in [1.82, 2.24) is 5.32 Å². The number of guanidine groups is 1. The molecule has 7 N–H and O–H groups in total. The molecular formula is C23H31N5O3. The van der Waals surface area contributed by atoms with E-state index >= 15 is 0 Å². The number of benzene rings is 2. The van der Waals surface area contributed by atoms with Crippen LogP contribution in [0.3, 0.4) is 0 Å². The van der Waals surface area contributed by atoms with Crippen LogP contribution in [0.1, 0.15) is 42.0 Å². The molecule has 0 spiro atoms. The molecule has 1 aliphatic heterocycles. The Bertz CT molecular complexity index is 1030. The fraction of sp³-hybridized carbons (Fsp3) is 0.391. The first-order chi connectivity index (χ1) is 14.6. The van der Waals surface area contributed by atoms with E-state index in [1.165, 1.54) is 0 Å². The summed E-state index contributed by atoms with van der Waals surface area (Å²) in [7, 11) is 0. The molecular weight excluding hydrogens is 394 g/mol. The summed E-state index contributed by atoms with van der Waals surface area (Å²) in [5, 5.41) is 16.0. The predicted octanol–water partition coefficient (Wildman–Crippen LogP) is 3.52. The van der Waals surface area contributed by atoms with Crippen molar-refractivity contribution < 1.29 is 14.6 Å². The van der Waals surface area contributed by atoms with Gasteiger partial charge in [0.15, 0.2) is 5.96 Å². The number of hydrogen-bond donors (Lipinski definition) is 5. The lowest BCUT2D eigenvalue weighted by Crippen LogP contribution is -2.41. The molecule has 8 nitrogen and oxygen atoms in total. The lowest BCUT2D eigenvalue weighted by atomic mass is 9.85. The number of nitrogens with one attached hydrogen (secondary N) is 2. The first-order valence-electron chi connectivity index (χ1n) is 10.3. The van der Waals surface area contributed by atoms with Gasteiger partial charge < -0.3 is 31.9 Å². The number of carbonyl (C=O) groups excluding carboxylic acids is 1. The Labute approximate surface area is 182 Å². The number of nitrogens with two attached hydrogens (primary N) is 2. The third-order valence-corrected chi connectivity index (χ3v) is 5.89. The second-order valence-electron chi connectivity index (χ2n) is 8.30. The van der Waals surface area contributed by atoms with Gasteiger partial charge in [-0.2, -0.15) is 0 Å². The first kappa shape index (κ1) is 22.3. The summed E-state index contributed by atoms with van der Waals surface area (Å²) in [6.45, 7) is 8.33. The summed E-state index contributed by atoms with van der Waals surface area (Å²) in [4.78, 5) is 16.3. The van der Waals surface area contributed by atoms with Crippen molar-refractivity contribution in [1.29, 1.82) is 0 Å². The zero-order valence-corrected chi connectivity index (χ0v) is 18.5. The third-order valence-electron chi connectivity index (χ3n) is 5.89. The normalized spacial score (nSPS) is 17.3. The standard InChI is InChI=1S/C23H31N5O3/c1-13-14(2)20-18(15(3)19(13)29)8-9-23(4,31-20)10-11-26-22(30)28-17-7-5-6-16(12-17)27-21(24)25/h5-7,12,29H,8-11H2,1-4H3,(H4,24,25,27)(H2,26,28,30). The van der Waals surface area contributed by atoms with Crippen LogP contribution in [0.4, 0.5) is 16.2 Å². The van der Waals surface area contributed by atoms with Gasteiger partial charge in [-0.25, -0.2) is 9.79 Å². The number of carbonyl (C=O) groups is 1. The van der Waals surface area contributed by atoms with E-state index in [4.69, 9.17) is 16.2 Å². The van der Waals surface area contributed by atoms with E-state index in [1.54, 1.807) is 24.3 Å². The van der Waals surface area contributed by atoms with Gasteiger partial charge in [-0.05, 0) is 75.4 Å². The monoisotopic (exact) mass is 425 g/mol. The lowest BCUT2D eigenvalue weighted by Gasteiger charge is -2.38. The van der Waals surface area contributed by atoms with Crippen LogP contribution >= 0.6 is 0 Å². The zero-order valence-electron chi connectivity index (χ0n) is 18.5. The highest BCUT2D eigenvalue weighted by Crippen LogP contribution is 2.43. The minimum atomic E-state index is -0.395. The van der Waals surface area contributed by atoms with Crippen LogP contribution in [0.2, 0.25) is 0 Å². The van der Waals surface area contributed by atoms with E-state index < -0.39 is 5.60 Å². The molecule has 0 saturated heterocycles. The first-order valence-corrected chi connectivity index (χ1v) is 10.3. The number of phenols is 1. The molecule has 0 aliphatic carbocycles. The van der Waals surface area contributed by atoms with Crippen LogP contribution in [-0.2, 0) is 6.42 Å². The molecule has 2 amide bonds. The van der Waals surface area contributed by atoms with Gasteiger partial charge in [-0.15, -0.1) is 0 Å². The van der Waals surface area contributed by atoms with Gasteiger partial charge in [-0.1, -0.05) is 6.07 Å². The van der Waals surface area contributed by atoms with Crippen molar-refractivity contribution in [3.8, 4) is 11.5 Å². The van der Waals surface area contributed by atoms with Gasteiger partial charge in [0.2, 0.25) is 0 Å². The average molecular weight is 426 g/mol. The van der Waals surface area contributed by atoms with Crippen molar-refractivity contribution in [3.63, 3.8) is 0 Å². The van der Waals surface area contributed by atoms with E-state index in [9.17, 15) is 9.90 Å². The number of urea groups is 1. The average Bonchev–Trinajstić information content (AvgIpc) is 2.70. The van der Waals surface area contributed by atoms with Crippen molar-refractivity contribution in [2.45, 2.75) is 52.6 Å². The van der Waals surface area contributed by atoms with Gasteiger partial charge >= 0.3 is 6.03 Å². The molecule has 3 rings (SSSR count). The number of rotatable bonds is 5. The van der Waals surface area contributed by atoms with Gasteiger partial charge in [0.1, 0.15) is 17.1 Å². The van der Waals surface area contributed by atoms with Crippen LogP contribution in [-0.4, -0.2) is 29.2 Å². The number of aromatic hydroxyl groups is 1. The molecule has 0 bridgehead atoms. The topological polar surface area (TPSA) is 135 Å². The molecule has 1 heterocycles. The molecule has 0 aromatic heterocycles. The summed E-state index contributed by atoms with van der Waals surface area (Å²) in [6.07, 6.45) is 2.30. The highest BCUT2D eigenvalue weighted by molar-refractivity contribution is 5.90. The molecule has 1 unspecified atom stereocenters. The van der Waals surface area contributed by atoms with Crippen molar-refractivity contribution >= 4 is 23.4 Å². The second kappa shape index (κ2) is 8.75. The van der Waals surface area contributed by atoms with E-state index in [0.29, 0.717) is 30.1 Å². The molecule has 0 radical (unpaired) electrons. The number of ether oxygens (including phenoxy) is 1. The van der Waals surface area contributed by atoms with Crippen LogP contribution in [0, 0.1) is 20.8 Å². The third kappa shape index (κ3) is 5.02. The van der Waals surface area contributed by atoms with Crippen molar-refractivity contribution in [2.24, 2.45) is 16.5 Å². The SMILES string of the molecule is Cc1c(C)c2c(c(C)c1O)CCC(C)(CCNC(=O)Nc1cccc(N=C(N)N)c1)O2. The lowest BCUT2D eigenvalue weighted by molar-refractivity contribution is 0.0559. The van der Waals surface area contributed by atoms with Crippen LogP contribution in [0.5, 0.6) is 11.5 Å².